The van der Waals surface area contributed by atoms with Gasteiger partial charge in [-0.25, -0.2) is 0 Å². The van der Waals surface area contributed by atoms with Crippen molar-refractivity contribution in [2.24, 2.45) is 0 Å². The number of ether oxygens (including phenoxy) is 1. The highest BCUT2D eigenvalue weighted by atomic mass is 79.9. The predicted octanol–water partition coefficient (Wildman–Crippen LogP) is 1.35. The highest BCUT2D eigenvalue weighted by molar-refractivity contribution is 9.10. The minimum atomic E-state index is -0.704. The van der Waals surface area contributed by atoms with Gasteiger partial charge in [-0.1, -0.05) is 15.9 Å². The molecule has 0 aliphatic carbocycles. The Labute approximate surface area is 142 Å². The molecule has 0 N–H and O–H groups in total. The molecule has 0 spiro atoms. The lowest BCUT2D eigenvalue weighted by molar-refractivity contribution is -0.131. The van der Waals surface area contributed by atoms with Crippen LogP contribution in [0.15, 0.2) is 28.7 Å². The molecule has 2 rings (SSSR count). The smallest absolute Gasteiger partial charge is 0.236 e. The Balaban J connectivity index is 1.67. The van der Waals surface area contributed by atoms with Crippen LogP contribution in [0.5, 0.6) is 5.75 Å². The Morgan fingerprint density at radius 1 is 1.32 bits per heavy atom. The van der Waals surface area contributed by atoms with E-state index in [0.717, 1.165) is 23.3 Å². The van der Waals surface area contributed by atoms with Gasteiger partial charge in [0.1, 0.15) is 12.4 Å². The number of hydrogen-bond donors (Lipinski definition) is 0. The average Bonchev–Trinajstić information content (AvgIpc) is 2.51. The van der Waals surface area contributed by atoms with E-state index in [2.05, 4.69) is 20.8 Å². The van der Waals surface area contributed by atoms with Crippen LogP contribution in [0.4, 0.5) is 0 Å². The first-order valence-corrected chi connectivity index (χ1v) is 9.52. The van der Waals surface area contributed by atoms with Gasteiger partial charge in [-0.05, 0) is 24.3 Å². The van der Waals surface area contributed by atoms with Crippen LogP contribution in [-0.4, -0.2) is 71.3 Å². The van der Waals surface area contributed by atoms with Crippen molar-refractivity contribution in [3.05, 3.63) is 28.7 Å². The number of hydrogen-bond acceptors (Lipinski definition) is 4. The Morgan fingerprint density at radius 3 is 2.59 bits per heavy atom. The van der Waals surface area contributed by atoms with Crippen LogP contribution in [0.2, 0.25) is 0 Å². The summed E-state index contributed by atoms with van der Waals surface area (Å²) in [6, 6.07) is 7.62. The second-order valence-corrected chi connectivity index (χ2v) is 7.85. The quantitative estimate of drug-likeness (QED) is 0.737. The summed E-state index contributed by atoms with van der Waals surface area (Å²) in [5, 5.41) is 0. The molecule has 1 fully saturated rings. The van der Waals surface area contributed by atoms with Crippen LogP contribution < -0.4 is 4.74 Å². The molecule has 0 bridgehead atoms. The third kappa shape index (κ3) is 5.70. The molecule has 0 atom stereocenters. The number of benzene rings is 1. The van der Waals surface area contributed by atoms with E-state index in [1.54, 1.807) is 11.9 Å². The maximum absolute atomic E-state index is 12.1. The number of amides is 1. The molecule has 0 unspecified atom stereocenters. The van der Waals surface area contributed by atoms with Crippen molar-refractivity contribution in [3.8, 4) is 5.75 Å². The summed E-state index contributed by atoms with van der Waals surface area (Å²) >= 11 is 3.37. The van der Waals surface area contributed by atoms with E-state index in [9.17, 15) is 9.00 Å². The zero-order valence-corrected chi connectivity index (χ0v) is 15.1. The molecule has 1 amide bonds. The van der Waals surface area contributed by atoms with Gasteiger partial charge in [-0.2, -0.15) is 0 Å². The van der Waals surface area contributed by atoms with Gasteiger partial charge in [0.15, 0.2) is 0 Å². The lowest BCUT2D eigenvalue weighted by Crippen LogP contribution is -2.45. The maximum atomic E-state index is 12.1. The van der Waals surface area contributed by atoms with Crippen LogP contribution in [0.3, 0.4) is 0 Å². The molecule has 5 nitrogen and oxygen atoms in total. The monoisotopic (exact) mass is 388 g/mol. The van der Waals surface area contributed by atoms with Gasteiger partial charge in [0.05, 0.1) is 13.1 Å². The van der Waals surface area contributed by atoms with Gasteiger partial charge in [0.25, 0.3) is 0 Å². The molecule has 1 aliphatic rings. The van der Waals surface area contributed by atoms with Gasteiger partial charge < -0.3 is 9.64 Å². The minimum absolute atomic E-state index is 0.0760. The number of likely N-dealkylation sites (N-methyl/N-ethyl adjacent to an activating group) is 1. The predicted molar refractivity (Wildman–Crippen MR) is 91.6 cm³/mol. The molecular formula is C15H21BrN2O3S. The minimum Gasteiger partial charge on any atom is -0.492 e. The van der Waals surface area contributed by atoms with E-state index < -0.39 is 10.8 Å². The van der Waals surface area contributed by atoms with E-state index in [1.807, 2.05) is 24.3 Å². The van der Waals surface area contributed by atoms with Crippen LogP contribution in [-0.2, 0) is 15.6 Å². The summed E-state index contributed by atoms with van der Waals surface area (Å²) in [6.07, 6.45) is 0. The highest BCUT2D eigenvalue weighted by Crippen LogP contribution is 2.15. The molecule has 1 heterocycles. The van der Waals surface area contributed by atoms with Crippen molar-refractivity contribution in [1.29, 1.82) is 0 Å². The highest BCUT2D eigenvalue weighted by Gasteiger charge is 2.19. The first-order valence-electron chi connectivity index (χ1n) is 7.24. The fraction of sp³-hybridized carbons (Fsp3) is 0.533. The summed E-state index contributed by atoms with van der Waals surface area (Å²) in [5.74, 6) is 2.21. The third-order valence-electron chi connectivity index (χ3n) is 3.56. The molecule has 122 valence electrons. The largest absolute Gasteiger partial charge is 0.492 e. The Hall–Kier alpha value is -0.920. The molecule has 1 aromatic rings. The topological polar surface area (TPSA) is 49.9 Å². The normalized spacial score (nSPS) is 16.5. The first kappa shape index (κ1) is 17.4. The molecule has 0 radical (unpaired) electrons. The van der Waals surface area contributed by atoms with Gasteiger partial charge in [0, 0.05) is 46.9 Å². The van der Waals surface area contributed by atoms with Gasteiger partial charge in [-0.15, -0.1) is 0 Å². The molecule has 0 aromatic heterocycles. The summed E-state index contributed by atoms with van der Waals surface area (Å²) in [4.78, 5) is 15.9. The summed E-state index contributed by atoms with van der Waals surface area (Å²) < 4.78 is 17.9. The van der Waals surface area contributed by atoms with Crippen LogP contribution in [0, 0.1) is 0 Å². The van der Waals surface area contributed by atoms with E-state index in [0.29, 0.717) is 31.2 Å². The molecule has 1 aromatic carbocycles. The number of nitrogens with zero attached hydrogens (tertiary/aromatic N) is 2. The van der Waals surface area contributed by atoms with E-state index >= 15 is 0 Å². The standard InChI is InChI=1S/C15H21BrN2O3S/c1-17(6-9-21-14-4-2-13(16)3-5-14)15(19)12-18-7-10-22(20)11-8-18/h2-5H,6-12H2,1H3. The lowest BCUT2D eigenvalue weighted by Gasteiger charge is -2.27. The van der Waals surface area contributed by atoms with Crippen molar-refractivity contribution < 1.29 is 13.7 Å². The molecule has 1 saturated heterocycles. The molecule has 0 saturated carbocycles. The van der Waals surface area contributed by atoms with Crippen molar-refractivity contribution in [2.75, 3.05) is 51.3 Å². The number of carbonyl (C=O) groups is 1. The maximum Gasteiger partial charge on any atom is 0.236 e. The van der Waals surface area contributed by atoms with Crippen molar-refractivity contribution in [2.45, 2.75) is 0 Å². The summed E-state index contributed by atoms with van der Waals surface area (Å²) in [6.45, 7) is 2.89. The van der Waals surface area contributed by atoms with E-state index in [-0.39, 0.29) is 5.91 Å². The fourth-order valence-electron chi connectivity index (χ4n) is 2.10. The second-order valence-electron chi connectivity index (χ2n) is 5.24. The first-order chi connectivity index (χ1) is 10.5. The fourth-order valence-corrected chi connectivity index (χ4v) is 3.49. The van der Waals surface area contributed by atoms with Gasteiger partial charge >= 0.3 is 0 Å². The van der Waals surface area contributed by atoms with Crippen molar-refractivity contribution in [1.82, 2.24) is 9.80 Å². The molecule has 7 heteroatoms. The van der Waals surface area contributed by atoms with Gasteiger partial charge in [0.2, 0.25) is 5.91 Å². The van der Waals surface area contributed by atoms with Crippen LogP contribution in [0.25, 0.3) is 0 Å². The SMILES string of the molecule is CN(CCOc1ccc(Br)cc1)C(=O)CN1CCS(=O)CC1. The summed E-state index contributed by atoms with van der Waals surface area (Å²) in [7, 11) is 1.08. The van der Waals surface area contributed by atoms with Crippen LogP contribution >= 0.6 is 15.9 Å². The number of halogens is 1. The zero-order chi connectivity index (χ0) is 15.9. The third-order valence-corrected chi connectivity index (χ3v) is 5.37. The average molecular weight is 389 g/mol. The number of rotatable bonds is 6. The van der Waals surface area contributed by atoms with E-state index in [4.69, 9.17) is 4.74 Å². The summed E-state index contributed by atoms with van der Waals surface area (Å²) in [5.41, 5.74) is 0. The Morgan fingerprint density at radius 2 is 1.95 bits per heavy atom. The zero-order valence-electron chi connectivity index (χ0n) is 12.7. The van der Waals surface area contributed by atoms with Crippen molar-refractivity contribution >= 4 is 32.6 Å². The van der Waals surface area contributed by atoms with Gasteiger partial charge in [-0.3, -0.25) is 13.9 Å². The molecular weight excluding hydrogens is 368 g/mol. The van der Waals surface area contributed by atoms with E-state index in [1.165, 1.54) is 0 Å². The van der Waals surface area contributed by atoms with Crippen molar-refractivity contribution in [3.63, 3.8) is 0 Å². The Kier molecular flexibility index (Phi) is 6.85. The molecule has 1 aliphatic heterocycles. The van der Waals surface area contributed by atoms with Crippen LogP contribution in [0.1, 0.15) is 0 Å². The lowest BCUT2D eigenvalue weighted by atomic mass is 10.3. The number of carbonyl (C=O) groups excluding carboxylic acids is 1. The second kappa shape index (κ2) is 8.64. The Bertz CT molecular complexity index is 514. The molecule has 22 heavy (non-hydrogen) atoms.